The number of aliphatic hydroxyl groups excluding tert-OH is 1. The van der Waals surface area contributed by atoms with Crippen LogP contribution in [0.15, 0.2) is 28.6 Å². The van der Waals surface area contributed by atoms with E-state index in [9.17, 15) is 0 Å². The molecular weight excluding hydrogens is 240 g/mol. The molecule has 2 rings (SSSR count). The Kier molecular flexibility index (Phi) is 3.49. The second-order valence-corrected chi connectivity index (χ2v) is 6.30. The number of aliphatic hydroxyl groups is 1. The summed E-state index contributed by atoms with van der Waals surface area (Å²) in [6, 6.07) is 8.06. The third kappa shape index (κ3) is 2.74. The van der Waals surface area contributed by atoms with Gasteiger partial charge in [0, 0.05) is 11.3 Å². The van der Waals surface area contributed by atoms with Gasteiger partial charge in [0.2, 0.25) is 0 Å². The highest BCUT2D eigenvalue weighted by molar-refractivity contribution is 8.01. The van der Waals surface area contributed by atoms with Crippen LogP contribution in [0.2, 0.25) is 0 Å². The zero-order chi connectivity index (χ0) is 11.6. The van der Waals surface area contributed by atoms with E-state index in [1.165, 1.54) is 4.70 Å². The summed E-state index contributed by atoms with van der Waals surface area (Å²) in [6.45, 7) is 1.83. The number of nitrogens with two attached hydrogens (primary N) is 1. The fourth-order valence-electron chi connectivity index (χ4n) is 1.19. The van der Waals surface area contributed by atoms with Crippen LogP contribution >= 0.6 is 23.1 Å². The molecule has 1 unspecified atom stereocenters. The Hall–Kier alpha value is -0.620. The van der Waals surface area contributed by atoms with Crippen LogP contribution in [0.3, 0.4) is 0 Å². The lowest BCUT2D eigenvalue weighted by molar-refractivity contribution is 0.224. The Bertz CT molecular complexity index is 449. The van der Waals surface area contributed by atoms with Crippen molar-refractivity contribution < 1.29 is 5.11 Å². The third-order valence-electron chi connectivity index (χ3n) is 2.16. The van der Waals surface area contributed by atoms with Gasteiger partial charge in [0.15, 0.2) is 4.34 Å². The molecule has 1 aromatic carbocycles. The maximum Gasteiger partial charge on any atom is 0.151 e. The molecule has 0 spiro atoms. The van der Waals surface area contributed by atoms with Crippen molar-refractivity contribution in [2.45, 2.75) is 16.8 Å². The molecule has 3 N–H and O–H groups in total. The van der Waals surface area contributed by atoms with Crippen molar-refractivity contribution in [3.8, 4) is 0 Å². The Morgan fingerprint density at radius 3 is 2.94 bits per heavy atom. The van der Waals surface area contributed by atoms with Gasteiger partial charge in [0.25, 0.3) is 0 Å². The van der Waals surface area contributed by atoms with E-state index in [2.05, 4.69) is 11.1 Å². The average Bonchev–Trinajstić information content (AvgIpc) is 2.69. The maximum absolute atomic E-state index is 9.06. The number of para-hydroxylation sites is 1. The summed E-state index contributed by atoms with van der Waals surface area (Å²) in [4.78, 5) is 4.49. The summed E-state index contributed by atoms with van der Waals surface area (Å²) in [7, 11) is 0. The molecule has 1 heterocycles. The van der Waals surface area contributed by atoms with Crippen LogP contribution < -0.4 is 5.73 Å². The summed E-state index contributed by atoms with van der Waals surface area (Å²) < 4.78 is 2.19. The predicted molar refractivity (Wildman–Crippen MR) is 70.0 cm³/mol. The first-order valence-corrected chi connectivity index (χ1v) is 6.79. The molecule has 0 saturated heterocycles. The van der Waals surface area contributed by atoms with Crippen molar-refractivity contribution in [2.24, 2.45) is 5.73 Å². The van der Waals surface area contributed by atoms with Gasteiger partial charge in [-0.3, -0.25) is 0 Å². The lowest BCUT2D eigenvalue weighted by Gasteiger charge is -2.19. The number of benzene rings is 1. The molecule has 0 fully saturated rings. The molecule has 5 heteroatoms. The number of fused-ring (bicyclic) bond motifs is 1. The molecule has 2 aromatic rings. The van der Waals surface area contributed by atoms with Crippen LogP contribution in [0.1, 0.15) is 6.92 Å². The third-order valence-corrected chi connectivity index (χ3v) is 4.74. The smallest absolute Gasteiger partial charge is 0.151 e. The molecule has 16 heavy (non-hydrogen) atoms. The van der Waals surface area contributed by atoms with E-state index in [0.29, 0.717) is 5.75 Å². The fourth-order valence-corrected chi connectivity index (χ4v) is 3.27. The van der Waals surface area contributed by atoms with Crippen molar-refractivity contribution in [2.75, 3.05) is 12.4 Å². The van der Waals surface area contributed by atoms with Gasteiger partial charge in [-0.05, 0) is 19.1 Å². The molecule has 1 atom stereocenters. The normalized spacial score (nSPS) is 15.2. The fraction of sp³-hybridized carbons (Fsp3) is 0.364. The van der Waals surface area contributed by atoms with Gasteiger partial charge in [-0.2, -0.15) is 0 Å². The number of hydrogen-bond donors (Lipinski definition) is 2. The molecule has 86 valence electrons. The quantitative estimate of drug-likeness (QED) is 0.820. The number of rotatable bonds is 4. The molecule has 0 aliphatic heterocycles. The van der Waals surface area contributed by atoms with Crippen LogP contribution in [-0.2, 0) is 0 Å². The summed E-state index contributed by atoms with van der Waals surface area (Å²) >= 11 is 3.26. The van der Waals surface area contributed by atoms with Crippen LogP contribution in [-0.4, -0.2) is 28.0 Å². The van der Waals surface area contributed by atoms with Crippen LogP contribution in [0.25, 0.3) is 10.2 Å². The number of thioether (sulfide) groups is 1. The number of nitrogens with zero attached hydrogens (tertiary/aromatic N) is 1. The van der Waals surface area contributed by atoms with Gasteiger partial charge in [-0.25, -0.2) is 4.98 Å². The standard InChI is InChI=1S/C11H14N2OS2/c1-11(12,6-14)7-15-10-13-8-4-2-3-5-9(8)16-10/h2-5,14H,6-7,12H2,1H3. The molecular formula is C11H14N2OS2. The van der Waals surface area contributed by atoms with E-state index >= 15 is 0 Å². The van der Waals surface area contributed by atoms with E-state index < -0.39 is 5.54 Å². The van der Waals surface area contributed by atoms with Crippen molar-refractivity contribution in [1.29, 1.82) is 0 Å². The number of thiazole rings is 1. The number of hydrogen-bond acceptors (Lipinski definition) is 5. The summed E-state index contributed by atoms with van der Waals surface area (Å²) in [6.07, 6.45) is 0. The molecule has 0 aliphatic carbocycles. The first-order valence-electron chi connectivity index (χ1n) is 4.99. The van der Waals surface area contributed by atoms with Crippen LogP contribution in [0.5, 0.6) is 0 Å². The van der Waals surface area contributed by atoms with E-state index in [1.54, 1.807) is 23.1 Å². The highest BCUT2D eigenvalue weighted by Crippen LogP contribution is 2.30. The zero-order valence-electron chi connectivity index (χ0n) is 9.01. The first kappa shape index (κ1) is 11.9. The molecule has 0 radical (unpaired) electrons. The van der Waals surface area contributed by atoms with E-state index in [4.69, 9.17) is 10.8 Å². The molecule has 1 aromatic heterocycles. The monoisotopic (exact) mass is 254 g/mol. The summed E-state index contributed by atoms with van der Waals surface area (Å²) in [5, 5.41) is 9.06. The second kappa shape index (κ2) is 4.71. The minimum atomic E-state index is -0.539. The lowest BCUT2D eigenvalue weighted by Crippen LogP contribution is -2.42. The molecule has 0 bridgehead atoms. The molecule has 0 amide bonds. The molecule has 0 saturated carbocycles. The number of aromatic nitrogens is 1. The highest BCUT2D eigenvalue weighted by Gasteiger charge is 2.18. The minimum Gasteiger partial charge on any atom is -0.394 e. The van der Waals surface area contributed by atoms with Gasteiger partial charge < -0.3 is 10.8 Å². The van der Waals surface area contributed by atoms with Crippen molar-refractivity contribution >= 4 is 33.3 Å². The van der Waals surface area contributed by atoms with Crippen LogP contribution in [0.4, 0.5) is 0 Å². The van der Waals surface area contributed by atoms with Crippen LogP contribution in [0, 0.1) is 0 Å². The van der Waals surface area contributed by atoms with Gasteiger partial charge in [0.1, 0.15) is 0 Å². The summed E-state index contributed by atoms with van der Waals surface area (Å²) in [5.74, 6) is 0.670. The van der Waals surface area contributed by atoms with Gasteiger partial charge >= 0.3 is 0 Å². The molecule has 0 aliphatic rings. The van der Waals surface area contributed by atoms with Crippen molar-refractivity contribution in [3.05, 3.63) is 24.3 Å². The van der Waals surface area contributed by atoms with Gasteiger partial charge in [-0.15, -0.1) is 11.3 Å². The Morgan fingerprint density at radius 2 is 2.25 bits per heavy atom. The van der Waals surface area contributed by atoms with E-state index in [1.807, 2.05) is 25.1 Å². The SMILES string of the molecule is CC(N)(CO)CSc1nc2ccccc2s1. The largest absolute Gasteiger partial charge is 0.394 e. The highest BCUT2D eigenvalue weighted by atomic mass is 32.2. The van der Waals surface area contributed by atoms with Gasteiger partial charge in [0.05, 0.1) is 16.8 Å². The summed E-state index contributed by atoms with van der Waals surface area (Å²) in [5.41, 5.74) is 6.35. The Morgan fingerprint density at radius 1 is 1.50 bits per heavy atom. The topological polar surface area (TPSA) is 59.1 Å². The van der Waals surface area contributed by atoms with Crippen molar-refractivity contribution in [3.63, 3.8) is 0 Å². The van der Waals surface area contributed by atoms with Gasteiger partial charge in [-0.1, -0.05) is 23.9 Å². The van der Waals surface area contributed by atoms with E-state index in [-0.39, 0.29) is 6.61 Å². The average molecular weight is 254 g/mol. The zero-order valence-corrected chi connectivity index (χ0v) is 10.6. The first-order chi connectivity index (χ1) is 7.61. The minimum absolute atomic E-state index is 0.00903. The van der Waals surface area contributed by atoms with E-state index in [0.717, 1.165) is 9.86 Å². The molecule has 3 nitrogen and oxygen atoms in total. The Balaban J connectivity index is 2.10. The Labute approximate surface area is 103 Å². The van der Waals surface area contributed by atoms with Crippen molar-refractivity contribution in [1.82, 2.24) is 4.98 Å². The second-order valence-electron chi connectivity index (χ2n) is 4.05. The maximum atomic E-state index is 9.06. The predicted octanol–water partition coefficient (Wildman–Crippen LogP) is 2.10. The lowest BCUT2D eigenvalue weighted by atomic mass is 10.1.